The summed E-state index contributed by atoms with van der Waals surface area (Å²) in [6.45, 7) is 6.38. The molecule has 0 aromatic carbocycles. The normalized spacial score (nSPS) is 11.2. The fraction of sp³-hybridized carbons (Fsp3) is 0.643. The molecular weight excluding hydrogens is 272 g/mol. The van der Waals surface area contributed by atoms with E-state index in [1.165, 1.54) is 0 Å². The topological polar surface area (TPSA) is 98.3 Å². The molecule has 1 aromatic heterocycles. The van der Waals surface area contributed by atoms with E-state index in [4.69, 9.17) is 5.11 Å². The molecule has 0 aliphatic carbocycles. The number of carboxylic acid groups (broad SMARTS) is 1. The number of carbonyl (C=O) groups is 2. The van der Waals surface area contributed by atoms with E-state index in [0.717, 1.165) is 18.7 Å². The number of carbonyl (C=O) groups excluding carboxylic acids is 1. The summed E-state index contributed by atoms with van der Waals surface area (Å²) in [5.41, 5.74) is -0.416. The number of H-pyrrole nitrogens is 1. The van der Waals surface area contributed by atoms with Crippen LogP contribution in [0.4, 0.5) is 4.79 Å². The molecule has 3 N–H and O–H groups in total. The zero-order valence-corrected chi connectivity index (χ0v) is 12.8. The number of nitrogens with one attached hydrogen (secondary N) is 2. The van der Waals surface area contributed by atoms with Crippen molar-refractivity contribution in [2.45, 2.75) is 45.6 Å². The van der Waals surface area contributed by atoms with Crippen molar-refractivity contribution in [2.75, 3.05) is 13.1 Å². The Morgan fingerprint density at radius 2 is 2.14 bits per heavy atom. The van der Waals surface area contributed by atoms with Crippen molar-refractivity contribution in [3.8, 4) is 0 Å². The predicted molar refractivity (Wildman–Crippen MR) is 79.0 cm³/mol. The Balaban J connectivity index is 2.39. The summed E-state index contributed by atoms with van der Waals surface area (Å²) in [6, 6.07) is -0.233. The maximum absolute atomic E-state index is 12.2. The quantitative estimate of drug-likeness (QED) is 0.666. The highest BCUT2D eigenvalue weighted by Crippen LogP contribution is 2.13. The molecule has 0 saturated carbocycles. The minimum Gasteiger partial charge on any atom is -0.481 e. The smallest absolute Gasteiger partial charge is 0.317 e. The lowest BCUT2D eigenvalue weighted by Crippen LogP contribution is -2.51. The average Bonchev–Trinajstić information content (AvgIpc) is 2.85. The molecule has 2 amide bonds. The highest BCUT2D eigenvalue weighted by atomic mass is 16.4. The van der Waals surface area contributed by atoms with E-state index in [0.29, 0.717) is 6.54 Å². The van der Waals surface area contributed by atoms with Gasteiger partial charge in [-0.3, -0.25) is 4.79 Å². The second kappa shape index (κ2) is 7.66. The molecule has 1 rings (SSSR count). The molecule has 0 aliphatic heterocycles. The molecule has 0 atom stereocenters. The Labute approximate surface area is 124 Å². The zero-order valence-electron chi connectivity index (χ0n) is 12.8. The predicted octanol–water partition coefficient (Wildman–Crippen LogP) is 1.63. The number of imidazole rings is 1. The van der Waals surface area contributed by atoms with Gasteiger partial charge in [0.25, 0.3) is 0 Å². The van der Waals surface area contributed by atoms with Crippen molar-refractivity contribution in [1.29, 1.82) is 0 Å². The maximum atomic E-state index is 12.2. The van der Waals surface area contributed by atoms with E-state index in [1.54, 1.807) is 17.3 Å². The molecule has 118 valence electrons. The van der Waals surface area contributed by atoms with Gasteiger partial charge >= 0.3 is 12.0 Å². The molecule has 7 heteroatoms. The SMILES string of the molecule is CC(C)(C)N(CCC(=O)O)C(=O)NCCCc1ncc[nH]1. The molecule has 0 aliphatic rings. The first kappa shape index (κ1) is 17.0. The standard InChI is InChI=1S/C14H24N4O3/c1-14(2,3)18(10-6-12(19)20)13(21)17-7-4-5-11-15-8-9-16-11/h8-9H,4-7,10H2,1-3H3,(H,15,16)(H,17,21)(H,19,20). The molecular formula is C14H24N4O3. The van der Waals surface area contributed by atoms with Gasteiger partial charge in [0.15, 0.2) is 0 Å². The number of urea groups is 1. The van der Waals surface area contributed by atoms with Gasteiger partial charge in [0, 0.05) is 37.4 Å². The van der Waals surface area contributed by atoms with Gasteiger partial charge in [-0.25, -0.2) is 9.78 Å². The molecule has 1 aromatic rings. The summed E-state index contributed by atoms with van der Waals surface area (Å²) >= 11 is 0. The van der Waals surface area contributed by atoms with E-state index in [2.05, 4.69) is 15.3 Å². The van der Waals surface area contributed by atoms with Gasteiger partial charge in [0.1, 0.15) is 5.82 Å². The minimum atomic E-state index is -0.908. The summed E-state index contributed by atoms with van der Waals surface area (Å²) < 4.78 is 0. The van der Waals surface area contributed by atoms with Crippen LogP contribution in [0, 0.1) is 0 Å². The van der Waals surface area contributed by atoms with Crippen LogP contribution in [-0.2, 0) is 11.2 Å². The molecule has 0 fully saturated rings. The first-order valence-corrected chi connectivity index (χ1v) is 7.06. The Morgan fingerprint density at radius 1 is 1.43 bits per heavy atom. The van der Waals surface area contributed by atoms with E-state index in [9.17, 15) is 9.59 Å². The molecule has 0 unspecified atom stereocenters. The second-order valence-electron chi connectivity index (χ2n) is 5.84. The van der Waals surface area contributed by atoms with Crippen LogP contribution >= 0.6 is 0 Å². The van der Waals surface area contributed by atoms with Gasteiger partial charge in [0.2, 0.25) is 0 Å². The number of hydrogen-bond acceptors (Lipinski definition) is 3. The Bertz CT molecular complexity index is 451. The number of rotatable bonds is 7. The molecule has 0 spiro atoms. The van der Waals surface area contributed by atoms with Crippen LogP contribution < -0.4 is 5.32 Å². The van der Waals surface area contributed by atoms with Crippen LogP contribution in [0.15, 0.2) is 12.4 Å². The van der Waals surface area contributed by atoms with Crippen molar-refractivity contribution in [3.63, 3.8) is 0 Å². The number of nitrogens with zero attached hydrogens (tertiary/aromatic N) is 2. The monoisotopic (exact) mass is 296 g/mol. The van der Waals surface area contributed by atoms with Crippen molar-refractivity contribution in [3.05, 3.63) is 18.2 Å². The van der Waals surface area contributed by atoms with Gasteiger partial charge in [0.05, 0.1) is 6.42 Å². The number of carboxylic acids is 1. The van der Waals surface area contributed by atoms with Gasteiger partial charge < -0.3 is 20.3 Å². The minimum absolute atomic E-state index is 0.0584. The Hall–Kier alpha value is -2.05. The van der Waals surface area contributed by atoms with Crippen LogP contribution in [0.25, 0.3) is 0 Å². The van der Waals surface area contributed by atoms with Crippen molar-refractivity contribution in [1.82, 2.24) is 20.2 Å². The summed E-state index contributed by atoms with van der Waals surface area (Å²) in [5, 5.41) is 11.6. The first-order valence-electron chi connectivity index (χ1n) is 7.06. The lowest BCUT2D eigenvalue weighted by Gasteiger charge is -2.35. The zero-order chi connectivity index (χ0) is 15.9. The number of aliphatic carboxylic acids is 1. The Kier molecular flexibility index (Phi) is 6.20. The Morgan fingerprint density at radius 3 is 2.67 bits per heavy atom. The summed E-state index contributed by atoms with van der Waals surface area (Å²) in [7, 11) is 0. The van der Waals surface area contributed by atoms with Crippen LogP contribution in [0.3, 0.4) is 0 Å². The van der Waals surface area contributed by atoms with Crippen LogP contribution in [0.1, 0.15) is 39.4 Å². The van der Waals surface area contributed by atoms with E-state index in [-0.39, 0.29) is 19.0 Å². The third-order valence-corrected chi connectivity index (χ3v) is 3.03. The van der Waals surface area contributed by atoms with Gasteiger partial charge in [-0.05, 0) is 27.2 Å². The third-order valence-electron chi connectivity index (χ3n) is 3.03. The molecule has 1 heterocycles. The molecule has 0 radical (unpaired) electrons. The number of aryl methyl sites for hydroxylation is 1. The summed E-state index contributed by atoms with van der Waals surface area (Å²) in [4.78, 5) is 31.5. The van der Waals surface area contributed by atoms with Crippen LogP contribution in [-0.4, -0.2) is 50.6 Å². The first-order chi connectivity index (χ1) is 9.80. The number of amides is 2. The summed E-state index contributed by atoms with van der Waals surface area (Å²) in [5.74, 6) is -0.0160. The number of hydrogen-bond donors (Lipinski definition) is 3. The second-order valence-corrected chi connectivity index (χ2v) is 5.84. The number of aromatic amines is 1. The molecule has 21 heavy (non-hydrogen) atoms. The fourth-order valence-corrected chi connectivity index (χ4v) is 1.93. The number of aromatic nitrogens is 2. The third kappa shape index (κ3) is 6.29. The molecule has 0 saturated heterocycles. The van der Waals surface area contributed by atoms with Crippen molar-refractivity contribution < 1.29 is 14.7 Å². The summed E-state index contributed by atoms with van der Waals surface area (Å²) in [6.07, 6.45) is 4.94. The van der Waals surface area contributed by atoms with Crippen LogP contribution in [0.2, 0.25) is 0 Å². The van der Waals surface area contributed by atoms with Crippen LogP contribution in [0.5, 0.6) is 0 Å². The average molecular weight is 296 g/mol. The largest absolute Gasteiger partial charge is 0.481 e. The van der Waals surface area contributed by atoms with Gasteiger partial charge in [-0.2, -0.15) is 0 Å². The fourth-order valence-electron chi connectivity index (χ4n) is 1.93. The van der Waals surface area contributed by atoms with Gasteiger partial charge in [-0.15, -0.1) is 0 Å². The van der Waals surface area contributed by atoms with E-state index in [1.807, 2.05) is 20.8 Å². The molecule has 0 bridgehead atoms. The lowest BCUT2D eigenvalue weighted by molar-refractivity contribution is -0.137. The lowest BCUT2D eigenvalue weighted by atomic mass is 10.1. The maximum Gasteiger partial charge on any atom is 0.317 e. The van der Waals surface area contributed by atoms with E-state index >= 15 is 0 Å². The van der Waals surface area contributed by atoms with Gasteiger partial charge in [-0.1, -0.05) is 0 Å². The highest BCUT2D eigenvalue weighted by Gasteiger charge is 2.26. The van der Waals surface area contributed by atoms with E-state index < -0.39 is 11.5 Å². The van der Waals surface area contributed by atoms with Crippen molar-refractivity contribution >= 4 is 12.0 Å². The highest BCUT2D eigenvalue weighted by molar-refractivity contribution is 5.76. The molecule has 7 nitrogen and oxygen atoms in total. The van der Waals surface area contributed by atoms with Crippen molar-refractivity contribution in [2.24, 2.45) is 0 Å².